The number of carbonyl (C=O) groups excluding carboxylic acids is 1. The van der Waals surface area contributed by atoms with E-state index in [4.69, 9.17) is 0 Å². The van der Waals surface area contributed by atoms with Crippen molar-refractivity contribution in [3.63, 3.8) is 0 Å². The molecule has 1 fully saturated rings. The van der Waals surface area contributed by atoms with Gasteiger partial charge >= 0.3 is 6.18 Å². The number of hydrogen-bond donors (Lipinski definition) is 1. The molecular formula is C12H11F3N2O. The van der Waals surface area contributed by atoms with Gasteiger partial charge in [-0.15, -0.1) is 0 Å². The molecule has 0 aliphatic carbocycles. The van der Waals surface area contributed by atoms with Crippen LogP contribution in [0.3, 0.4) is 0 Å². The lowest BCUT2D eigenvalue weighted by Crippen LogP contribution is -2.43. The zero-order valence-electron chi connectivity index (χ0n) is 9.42. The fourth-order valence-electron chi connectivity index (χ4n) is 2.61. The van der Waals surface area contributed by atoms with Crippen LogP contribution in [0.4, 0.5) is 24.5 Å². The molecule has 1 atom stereocenters. The number of benzene rings is 1. The lowest BCUT2D eigenvalue weighted by Gasteiger charge is -2.33. The summed E-state index contributed by atoms with van der Waals surface area (Å²) in [5, 5.41) is 2.56. The maximum absolute atomic E-state index is 12.6. The summed E-state index contributed by atoms with van der Waals surface area (Å²) in [4.78, 5) is 13.6. The zero-order chi connectivity index (χ0) is 12.9. The highest BCUT2D eigenvalue weighted by atomic mass is 19.4. The van der Waals surface area contributed by atoms with Crippen molar-refractivity contribution in [3.05, 3.63) is 23.8 Å². The van der Waals surface area contributed by atoms with E-state index >= 15 is 0 Å². The standard InChI is InChI=1S/C12H11F3N2O/c13-12(14,15)7-3-4-9-8(6-7)16-11(18)10-2-1-5-17(9)10/h3-4,6,10H,1-2,5H2,(H,16,18)/t10-/m0/s1. The second-order valence-electron chi connectivity index (χ2n) is 4.57. The van der Waals surface area contributed by atoms with E-state index in [1.807, 2.05) is 4.90 Å². The van der Waals surface area contributed by atoms with Crippen LogP contribution in [0.15, 0.2) is 18.2 Å². The van der Waals surface area contributed by atoms with Gasteiger partial charge in [0.1, 0.15) is 6.04 Å². The normalized spacial score (nSPS) is 22.5. The molecule has 1 aromatic rings. The number of carbonyl (C=O) groups is 1. The fourth-order valence-corrected chi connectivity index (χ4v) is 2.61. The first kappa shape index (κ1) is 11.4. The molecule has 2 aliphatic rings. The number of alkyl halides is 3. The van der Waals surface area contributed by atoms with Crippen molar-refractivity contribution in [3.8, 4) is 0 Å². The Kier molecular flexibility index (Phi) is 2.30. The van der Waals surface area contributed by atoms with E-state index in [0.29, 0.717) is 5.69 Å². The van der Waals surface area contributed by atoms with Crippen molar-refractivity contribution < 1.29 is 18.0 Å². The molecule has 0 spiro atoms. The van der Waals surface area contributed by atoms with Gasteiger partial charge in [0.15, 0.2) is 0 Å². The van der Waals surface area contributed by atoms with E-state index in [9.17, 15) is 18.0 Å². The number of fused-ring (bicyclic) bond motifs is 3. The Morgan fingerprint density at radius 2 is 2.11 bits per heavy atom. The van der Waals surface area contributed by atoms with Crippen LogP contribution in [0.5, 0.6) is 0 Å². The number of amides is 1. The number of hydrogen-bond acceptors (Lipinski definition) is 2. The van der Waals surface area contributed by atoms with Crippen LogP contribution in [0.2, 0.25) is 0 Å². The molecule has 0 unspecified atom stereocenters. The average molecular weight is 256 g/mol. The summed E-state index contributed by atoms with van der Waals surface area (Å²) in [6.45, 7) is 0.719. The van der Waals surface area contributed by atoms with E-state index in [1.165, 1.54) is 6.07 Å². The summed E-state index contributed by atoms with van der Waals surface area (Å²) in [6, 6.07) is 3.28. The van der Waals surface area contributed by atoms with Gasteiger partial charge in [-0.3, -0.25) is 4.79 Å². The molecule has 96 valence electrons. The minimum Gasteiger partial charge on any atom is -0.358 e. The summed E-state index contributed by atoms with van der Waals surface area (Å²) in [5.41, 5.74) is 0.206. The second-order valence-corrected chi connectivity index (χ2v) is 4.57. The van der Waals surface area contributed by atoms with Crippen LogP contribution in [-0.4, -0.2) is 18.5 Å². The molecule has 3 rings (SSSR count). The van der Waals surface area contributed by atoms with Crippen molar-refractivity contribution in [2.45, 2.75) is 25.1 Å². The lowest BCUT2D eigenvalue weighted by atomic mass is 10.1. The van der Waals surface area contributed by atoms with Gasteiger partial charge in [-0.25, -0.2) is 0 Å². The van der Waals surface area contributed by atoms with Gasteiger partial charge in [0.25, 0.3) is 0 Å². The van der Waals surface area contributed by atoms with Crippen molar-refractivity contribution in [1.82, 2.24) is 0 Å². The number of nitrogens with one attached hydrogen (secondary N) is 1. The highest BCUT2D eigenvalue weighted by molar-refractivity contribution is 6.04. The van der Waals surface area contributed by atoms with Crippen molar-refractivity contribution >= 4 is 17.3 Å². The van der Waals surface area contributed by atoms with Gasteiger partial charge in [-0.2, -0.15) is 13.2 Å². The molecule has 6 heteroatoms. The molecule has 18 heavy (non-hydrogen) atoms. The van der Waals surface area contributed by atoms with Gasteiger partial charge in [0.05, 0.1) is 16.9 Å². The average Bonchev–Trinajstić information content (AvgIpc) is 2.77. The minimum absolute atomic E-state index is 0.209. The van der Waals surface area contributed by atoms with E-state index in [0.717, 1.165) is 31.5 Å². The third kappa shape index (κ3) is 1.63. The summed E-state index contributed by atoms with van der Waals surface area (Å²) < 4.78 is 37.8. The molecule has 0 radical (unpaired) electrons. The predicted octanol–water partition coefficient (Wildman–Crippen LogP) is 2.63. The third-order valence-corrected chi connectivity index (χ3v) is 3.45. The van der Waals surface area contributed by atoms with Gasteiger partial charge in [-0.1, -0.05) is 0 Å². The molecule has 1 saturated heterocycles. The van der Waals surface area contributed by atoms with E-state index in [1.54, 1.807) is 0 Å². The fraction of sp³-hybridized carbons (Fsp3) is 0.417. The molecule has 1 amide bonds. The quantitative estimate of drug-likeness (QED) is 0.774. The van der Waals surface area contributed by atoms with Crippen LogP contribution < -0.4 is 10.2 Å². The van der Waals surface area contributed by atoms with E-state index in [-0.39, 0.29) is 17.6 Å². The van der Waals surface area contributed by atoms with Crippen LogP contribution in [0.25, 0.3) is 0 Å². The van der Waals surface area contributed by atoms with E-state index in [2.05, 4.69) is 5.32 Å². The molecule has 1 aromatic carbocycles. The minimum atomic E-state index is -4.39. The largest absolute Gasteiger partial charge is 0.416 e. The first-order chi connectivity index (χ1) is 8.47. The number of halogens is 3. The van der Waals surface area contributed by atoms with Crippen LogP contribution in [-0.2, 0) is 11.0 Å². The smallest absolute Gasteiger partial charge is 0.358 e. The van der Waals surface area contributed by atoms with Crippen molar-refractivity contribution in [2.24, 2.45) is 0 Å². The van der Waals surface area contributed by atoms with Crippen molar-refractivity contribution in [2.75, 3.05) is 16.8 Å². The molecule has 2 aliphatic heterocycles. The lowest BCUT2D eigenvalue weighted by molar-refractivity contribution is -0.137. The molecule has 0 bridgehead atoms. The number of nitrogens with zero attached hydrogens (tertiary/aromatic N) is 1. The Morgan fingerprint density at radius 1 is 1.33 bits per heavy atom. The highest BCUT2D eigenvalue weighted by Crippen LogP contribution is 2.40. The number of anilines is 2. The third-order valence-electron chi connectivity index (χ3n) is 3.45. The molecular weight excluding hydrogens is 245 g/mol. The van der Waals surface area contributed by atoms with Gasteiger partial charge in [0, 0.05) is 6.54 Å². The summed E-state index contributed by atoms with van der Waals surface area (Å²) in [7, 11) is 0. The van der Waals surface area contributed by atoms with Crippen LogP contribution in [0, 0.1) is 0 Å². The maximum atomic E-state index is 12.6. The van der Waals surface area contributed by atoms with Crippen molar-refractivity contribution in [1.29, 1.82) is 0 Å². The molecule has 2 heterocycles. The predicted molar refractivity (Wildman–Crippen MR) is 60.4 cm³/mol. The van der Waals surface area contributed by atoms with Gasteiger partial charge in [-0.05, 0) is 31.0 Å². The summed E-state index contributed by atoms with van der Waals surface area (Å²) in [6.07, 6.45) is -2.74. The first-order valence-corrected chi connectivity index (χ1v) is 5.75. The van der Waals surface area contributed by atoms with E-state index < -0.39 is 11.7 Å². The monoisotopic (exact) mass is 256 g/mol. The van der Waals surface area contributed by atoms with Crippen LogP contribution in [0.1, 0.15) is 18.4 Å². The SMILES string of the molecule is O=C1Nc2cc(C(F)(F)F)ccc2N2CCC[C@@H]12. The highest BCUT2D eigenvalue weighted by Gasteiger charge is 2.38. The molecule has 0 saturated carbocycles. The first-order valence-electron chi connectivity index (χ1n) is 5.75. The summed E-state index contributed by atoms with van der Waals surface area (Å²) in [5.74, 6) is -0.209. The summed E-state index contributed by atoms with van der Waals surface area (Å²) >= 11 is 0. The number of rotatable bonds is 0. The van der Waals surface area contributed by atoms with Gasteiger partial charge < -0.3 is 10.2 Å². The topological polar surface area (TPSA) is 32.3 Å². The maximum Gasteiger partial charge on any atom is 0.416 e. The Balaban J connectivity index is 2.05. The Bertz CT molecular complexity index is 513. The second kappa shape index (κ2) is 3.63. The Labute approximate surface area is 102 Å². The molecule has 0 aromatic heterocycles. The van der Waals surface area contributed by atoms with Gasteiger partial charge in [0.2, 0.25) is 5.91 Å². The molecule has 1 N–H and O–H groups in total. The van der Waals surface area contributed by atoms with Crippen LogP contribution >= 0.6 is 0 Å². The molecule has 3 nitrogen and oxygen atoms in total. The Hall–Kier alpha value is -1.72. The zero-order valence-corrected chi connectivity index (χ0v) is 9.42. The Morgan fingerprint density at radius 3 is 2.83 bits per heavy atom.